The Balaban J connectivity index is 1.53. The molecule has 9 nitrogen and oxygen atoms in total. The van der Waals surface area contributed by atoms with Crippen molar-refractivity contribution < 1.29 is 22.6 Å². The second kappa shape index (κ2) is 7.02. The number of hydrogen-bond donors (Lipinski definition) is 2. The number of aromatic nitrogens is 6. The van der Waals surface area contributed by atoms with Crippen molar-refractivity contribution in [3.05, 3.63) is 18.5 Å². The van der Waals surface area contributed by atoms with E-state index in [1.54, 1.807) is 0 Å². The van der Waals surface area contributed by atoms with Gasteiger partial charge in [0.15, 0.2) is 11.5 Å². The molecule has 27 heavy (non-hydrogen) atoms. The maximum Gasteiger partial charge on any atom is 0.388 e. The van der Waals surface area contributed by atoms with Crippen LogP contribution in [0.15, 0.2) is 18.5 Å². The quantitative estimate of drug-likeness (QED) is 0.674. The van der Waals surface area contributed by atoms with E-state index in [-0.39, 0.29) is 18.2 Å². The van der Waals surface area contributed by atoms with Gasteiger partial charge in [-0.05, 0) is 0 Å². The Morgan fingerprint density at radius 3 is 2.93 bits per heavy atom. The molecule has 1 saturated heterocycles. The van der Waals surface area contributed by atoms with E-state index in [0.717, 1.165) is 0 Å². The van der Waals surface area contributed by atoms with Gasteiger partial charge in [-0.2, -0.15) is 13.9 Å². The summed E-state index contributed by atoms with van der Waals surface area (Å²) in [5.74, 6) is 0.346. The van der Waals surface area contributed by atoms with Gasteiger partial charge in [0.25, 0.3) is 0 Å². The molecule has 0 saturated carbocycles. The number of anilines is 2. The molecule has 12 heteroatoms. The Morgan fingerprint density at radius 1 is 1.33 bits per heavy atom. The summed E-state index contributed by atoms with van der Waals surface area (Å²) in [4.78, 5) is 8.62. The van der Waals surface area contributed by atoms with E-state index in [1.807, 2.05) is 0 Å². The van der Waals surface area contributed by atoms with Crippen molar-refractivity contribution >= 4 is 22.8 Å². The molecule has 2 N–H and O–H groups in total. The average Bonchev–Trinajstić information content (AvgIpc) is 3.22. The first-order valence-corrected chi connectivity index (χ1v) is 8.23. The van der Waals surface area contributed by atoms with Crippen LogP contribution in [0.4, 0.5) is 24.8 Å². The molecule has 1 aliphatic rings. The van der Waals surface area contributed by atoms with Crippen LogP contribution in [0.2, 0.25) is 0 Å². The van der Waals surface area contributed by atoms with E-state index >= 15 is 0 Å². The number of H-pyrrole nitrogens is 1. The van der Waals surface area contributed by atoms with E-state index in [4.69, 9.17) is 4.74 Å². The van der Waals surface area contributed by atoms with Crippen molar-refractivity contribution in [1.29, 1.82) is 0 Å². The Morgan fingerprint density at radius 2 is 2.15 bits per heavy atom. The fourth-order valence-electron chi connectivity index (χ4n) is 2.85. The van der Waals surface area contributed by atoms with Gasteiger partial charge in [0.05, 0.1) is 18.9 Å². The molecule has 0 unspecified atom stereocenters. The molecular weight excluding hydrogens is 367 g/mol. The molecule has 0 radical (unpaired) electrons. The van der Waals surface area contributed by atoms with Gasteiger partial charge in [0.2, 0.25) is 5.88 Å². The van der Waals surface area contributed by atoms with E-state index in [9.17, 15) is 13.2 Å². The SMILES string of the molecule is FC(F)Oc1cc(Nc2cnc3cnn(CC4(F)CCOCC4)c3n2)[nH]n1. The Bertz CT molecular complexity index is 923. The molecule has 3 aromatic rings. The highest BCUT2D eigenvalue weighted by Crippen LogP contribution is 2.28. The number of aromatic amines is 1. The van der Waals surface area contributed by atoms with Gasteiger partial charge < -0.3 is 14.8 Å². The number of hydrogen-bond acceptors (Lipinski definition) is 7. The highest BCUT2D eigenvalue weighted by atomic mass is 19.3. The van der Waals surface area contributed by atoms with Gasteiger partial charge in [-0.1, -0.05) is 0 Å². The van der Waals surface area contributed by atoms with Crippen LogP contribution in [0.25, 0.3) is 11.2 Å². The van der Waals surface area contributed by atoms with Crippen molar-refractivity contribution in [3.63, 3.8) is 0 Å². The molecule has 0 spiro atoms. The molecule has 4 heterocycles. The number of fused-ring (bicyclic) bond motifs is 1. The molecule has 0 bridgehead atoms. The number of nitrogens with zero attached hydrogens (tertiary/aromatic N) is 5. The molecule has 1 fully saturated rings. The number of ether oxygens (including phenoxy) is 2. The number of rotatable bonds is 6. The fraction of sp³-hybridized carbons (Fsp3) is 0.467. The van der Waals surface area contributed by atoms with Crippen LogP contribution in [0.5, 0.6) is 5.88 Å². The highest BCUT2D eigenvalue weighted by molar-refractivity contribution is 5.72. The zero-order valence-electron chi connectivity index (χ0n) is 14.0. The average molecular weight is 383 g/mol. The van der Waals surface area contributed by atoms with Gasteiger partial charge in [0, 0.05) is 32.1 Å². The third-order valence-corrected chi connectivity index (χ3v) is 4.19. The van der Waals surface area contributed by atoms with Crippen molar-refractivity contribution in [1.82, 2.24) is 29.9 Å². The smallest absolute Gasteiger partial charge is 0.388 e. The maximum atomic E-state index is 14.9. The van der Waals surface area contributed by atoms with Crippen LogP contribution in [0.1, 0.15) is 12.8 Å². The summed E-state index contributed by atoms with van der Waals surface area (Å²) in [6, 6.07) is 1.26. The van der Waals surface area contributed by atoms with Crippen LogP contribution in [0.3, 0.4) is 0 Å². The van der Waals surface area contributed by atoms with E-state index < -0.39 is 12.3 Å². The molecule has 0 atom stereocenters. The van der Waals surface area contributed by atoms with Crippen molar-refractivity contribution in [3.8, 4) is 5.88 Å². The fourth-order valence-corrected chi connectivity index (χ4v) is 2.85. The van der Waals surface area contributed by atoms with Crippen LogP contribution in [-0.4, -0.2) is 55.4 Å². The summed E-state index contributed by atoms with van der Waals surface area (Å²) in [7, 11) is 0. The van der Waals surface area contributed by atoms with E-state index in [2.05, 4.69) is 35.3 Å². The molecule has 3 aromatic heterocycles. The summed E-state index contributed by atoms with van der Waals surface area (Å²) >= 11 is 0. The zero-order chi connectivity index (χ0) is 18.9. The number of alkyl halides is 3. The van der Waals surface area contributed by atoms with Crippen LogP contribution < -0.4 is 10.1 Å². The molecule has 0 aromatic carbocycles. The number of halogens is 3. The lowest BCUT2D eigenvalue weighted by Gasteiger charge is -2.29. The first kappa shape index (κ1) is 17.5. The van der Waals surface area contributed by atoms with Crippen LogP contribution >= 0.6 is 0 Å². The first-order chi connectivity index (χ1) is 13.0. The van der Waals surface area contributed by atoms with Crippen LogP contribution in [-0.2, 0) is 11.3 Å². The standard InChI is InChI=1S/C15H16F3N7O2/c16-14(17)27-12-5-10(23-24-12)21-11-7-19-9-6-20-25(13(9)22-11)8-15(18)1-3-26-4-2-15/h5-7,14H,1-4,8H2,(H2,21,22,23,24). The Kier molecular flexibility index (Phi) is 4.56. The molecule has 0 aliphatic carbocycles. The third kappa shape index (κ3) is 3.94. The predicted molar refractivity (Wildman–Crippen MR) is 87.7 cm³/mol. The topological polar surface area (TPSA) is 103 Å². The van der Waals surface area contributed by atoms with Crippen molar-refractivity contribution in [2.24, 2.45) is 0 Å². The lowest BCUT2D eigenvalue weighted by atomic mass is 9.97. The summed E-state index contributed by atoms with van der Waals surface area (Å²) in [5.41, 5.74) is -0.484. The van der Waals surface area contributed by atoms with Gasteiger partial charge in [0.1, 0.15) is 17.0 Å². The van der Waals surface area contributed by atoms with Gasteiger partial charge in [-0.15, -0.1) is 5.10 Å². The minimum absolute atomic E-state index is 0.0500. The molecule has 4 rings (SSSR count). The Hall–Kier alpha value is -2.89. The summed E-state index contributed by atoms with van der Waals surface area (Å²) in [6.45, 7) is -2.17. The summed E-state index contributed by atoms with van der Waals surface area (Å²) < 4.78 is 50.2. The van der Waals surface area contributed by atoms with Crippen molar-refractivity contribution in [2.75, 3.05) is 18.5 Å². The predicted octanol–water partition coefficient (Wildman–Crippen LogP) is 2.41. The van der Waals surface area contributed by atoms with Gasteiger partial charge >= 0.3 is 6.61 Å². The molecule has 0 amide bonds. The molecular formula is C15H16F3N7O2. The second-order valence-electron chi connectivity index (χ2n) is 6.15. The third-order valence-electron chi connectivity index (χ3n) is 4.19. The van der Waals surface area contributed by atoms with Gasteiger partial charge in [-0.25, -0.2) is 19.0 Å². The van der Waals surface area contributed by atoms with Gasteiger partial charge in [-0.3, -0.25) is 5.10 Å². The lowest BCUT2D eigenvalue weighted by molar-refractivity contribution is -0.0528. The number of nitrogens with one attached hydrogen (secondary N) is 2. The normalized spacial score (nSPS) is 16.7. The second-order valence-corrected chi connectivity index (χ2v) is 6.15. The van der Waals surface area contributed by atoms with Crippen molar-refractivity contribution in [2.45, 2.75) is 31.7 Å². The minimum atomic E-state index is -2.97. The monoisotopic (exact) mass is 383 g/mol. The first-order valence-electron chi connectivity index (χ1n) is 8.23. The lowest BCUT2D eigenvalue weighted by Crippen LogP contribution is -2.36. The largest absolute Gasteiger partial charge is 0.415 e. The highest BCUT2D eigenvalue weighted by Gasteiger charge is 2.33. The Labute approximate surface area is 150 Å². The van der Waals surface area contributed by atoms with E-state index in [0.29, 0.717) is 43.0 Å². The molecule has 1 aliphatic heterocycles. The maximum absolute atomic E-state index is 14.9. The summed E-state index contributed by atoms with van der Waals surface area (Å²) in [6.07, 6.45) is 3.55. The minimum Gasteiger partial charge on any atom is -0.415 e. The summed E-state index contributed by atoms with van der Waals surface area (Å²) in [5, 5.41) is 13.1. The molecule has 144 valence electrons. The van der Waals surface area contributed by atoms with Crippen LogP contribution in [0, 0.1) is 0 Å². The zero-order valence-corrected chi connectivity index (χ0v) is 14.0. The van der Waals surface area contributed by atoms with E-state index in [1.165, 1.54) is 23.1 Å².